The van der Waals surface area contributed by atoms with Gasteiger partial charge in [-0.3, -0.25) is 19.3 Å². The number of allylic oxidation sites excluding steroid dienone is 2. The number of imide groups is 1. The van der Waals surface area contributed by atoms with Crippen LogP contribution in [0.5, 0.6) is 0 Å². The van der Waals surface area contributed by atoms with Gasteiger partial charge in [-0.1, -0.05) is 49.2 Å². The quantitative estimate of drug-likeness (QED) is 0.248. The second kappa shape index (κ2) is 8.24. The lowest BCUT2D eigenvalue weighted by Gasteiger charge is -2.37. The Kier molecular flexibility index (Phi) is 5.65. The van der Waals surface area contributed by atoms with Gasteiger partial charge in [0.25, 0.3) is 0 Å². The second-order valence-corrected chi connectivity index (χ2v) is 10.8. The van der Waals surface area contributed by atoms with E-state index in [0.717, 1.165) is 11.3 Å². The Balaban J connectivity index is 1.33. The third-order valence-electron chi connectivity index (χ3n) is 7.55. The number of hydrogen-bond donors (Lipinski definition) is 0. The minimum absolute atomic E-state index is 0.0374. The molecule has 6 nitrogen and oxygen atoms in total. The van der Waals surface area contributed by atoms with Crippen LogP contribution in [-0.4, -0.2) is 41.1 Å². The molecule has 174 valence electrons. The van der Waals surface area contributed by atoms with Crippen molar-refractivity contribution in [3.8, 4) is 0 Å². The van der Waals surface area contributed by atoms with E-state index < -0.39 is 24.4 Å². The third-order valence-corrected chi connectivity index (χ3v) is 8.10. The van der Waals surface area contributed by atoms with Gasteiger partial charge in [0.15, 0.2) is 6.61 Å². The molecule has 3 fully saturated rings. The Bertz CT molecular complexity index is 1050. The fraction of sp³-hybridized carbons (Fsp3) is 0.520. The molecule has 1 aliphatic heterocycles. The number of rotatable bonds is 7. The topological polar surface area (TPSA) is 80.8 Å². The SMILES string of the molecule is CC(C)C[C@@H](C(=O)OCC(=O)c1ccc(Cl)cc1Cl)N1C(=O)[C@H]2[C@@H]3C=C[C@H]([C@@H]4C[C@H]34)[C@@H]2C1=O. The molecule has 5 aliphatic rings. The highest BCUT2D eigenvalue weighted by Gasteiger charge is 2.68. The Labute approximate surface area is 202 Å². The average Bonchev–Trinajstić information content (AvgIpc) is 3.54. The van der Waals surface area contributed by atoms with Crippen LogP contribution < -0.4 is 0 Å². The maximum atomic E-state index is 13.4. The number of carbonyl (C=O) groups excluding carboxylic acids is 4. The average molecular weight is 490 g/mol. The zero-order valence-electron chi connectivity index (χ0n) is 18.4. The van der Waals surface area contributed by atoms with Gasteiger partial charge in [0, 0.05) is 10.6 Å². The van der Waals surface area contributed by atoms with Crippen molar-refractivity contribution < 1.29 is 23.9 Å². The first-order valence-electron chi connectivity index (χ1n) is 11.4. The molecular weight excluding hydrogens is 465 g/mol. The van der Waals surface area contributed by atoms with E-state index in [9.17, 15) is 19.2 Å². The summed E-state index contributed by atoms with van der Waals surface area (Å²) in [6.07, 6.45) is 5.54. The summed E-state index contributed by atoms with van der Waals surface area (Å²) in [5.74, 6) is -1.38. The number of amides is 2. The fourth-order valence-electron chi connectivity index (χ4n) is 6.07. The summed E-state index contributed by atoms with van der Waals surface area (Å²) in [5, 5.41) is 0.553. The number of esters is 1. The van der Waals surface area contributed by atoms with E-state index in [1.54, 1.807) is 0 Å². The van der Waals surface area contributed by atoms with E-state index in [-0.39, 0.29) is 58.4 Å². The lowest BCUT2D eigenvalue weighted by atomic mass is 9.63. The lowest BCUT2D eigenvalue weighted by Crippen LogP contribution is -2.47. The number of halogens is 2. The van der Waals surface area contributed by atoms with Crippen molar-refractivity contribution in [2.24, 2.45) is 41.4 Å². The van der Waals surface area contributed by atoms with Crippen LogP contribution in [0, 0.1) is 41.4 Å². The van der Waals surface area contributed by atoms with Crippen molar-refractivity contribution in [1.29, 1.82) is 0 Å². The van der Waals surface area contributed by atoms with Crippen molar-refractivity contribution in [2.75, 3.05) is 6.61 Å². The minimum atomic E-state index is -1.04. The highest BCUT2D eigenvalue weighted by Crippen LogP contribution is 2.65. The molecule has 8 heteroatoms. The van der Waals surface area contributed by atoms with Crippen LogP contribution in [0.3, 0.4) is 0 Å². The molecule has 1 aromatic rings. The van der Waals surface area contributed by atoms with Gasteiger partial charge >= 0.3 is 5.97 Å². The number of benzene rings is 1. The first-order chi connectivity index (χ1) is 15.7. The summed E-state index contributed by atoms with van der Waals surface area (Å²) in [4.78, 5) is 53.7. The number of ether oxygens (including phenoxy) is 1. The van der Waals surface area contributed by atoms with Crippen LogP contribution in [0.25, 0.3) is 0 Å². The van der Waals surface area contributed by atoms with E-state index in [1.165, 1.54) is 18.2 Å². The molecular formula is C25H25Cl2NO5. The van der Waals surface area contributed by atoms with E-state index >= 15 is 0 Å². The molecule has 6 rings (SSSR count). The van der Waals surface area contributed by atoms with Gasteiger partial charge in [0.1, 0.15) is 6.04 Å². The first-order valence-corrected chi connectivity index (χ1v) is 12.1. The predicted octanol–water partition coefficient (Wildman–Crippen LogP) is 4.19. The number of carbonyl (C=O) groups is 4. The highest BCUT2D eigenvalue weighted by molar-refractivity contribution is 6.36. The van der Waals surface area contributed by atoms with Gasteiger partial charge < -0.3 is 4.74 Å². The maximum Gasteiger partial charge on any atom is 0.329 e. The molecule has 2 saturated carbocycles. The summed E-state index contributed by atoms with van der Waals surface area (Å²) in [7, 11) is 0. The minimum Gasteiger partial charge on any atom is -0.456 e. The second-order valence-electron chi connectivity index (χ2n) is 10.0. The molecule has 1 heterocycles. The smallest absolute Gasteiger partial charge is 0.329 e. The zero-order valence-corrected chi connectivity index (χ0v) is 19.9. The van der Waals surface area contributed by atoms with E-state index in [4.69, 9.17) is 27.9 Å². The van der Waals surface area contributed by atoms with Crippen molar-refractivity contribution in [3.63, 3.8) is 0 Å². The molecule has 33 heavy (non-hydrogen) atoms. The van der Waals surface area contributed by atoms with Crippen LogP contribution in [0.4, 0.5) is 0 Å². The van der Waals surface area contributed by atoms with E-state index in [0.29, 0.717) is 16.9 Å². The molecule has 0 aromatic heterocycles. The summed E-state index contributed by atoms with van der Waals surface area (Å²) < 4.78 is 5.33. The van der Waals surface area contributed by atoms with Crippen LogP contribution in [-0.2, 0) is 19.1 Å². The summed E-state index contributed by atoms with van der Waals surface area (Å²) in [5.41, 5.74) is 0.190. The third kappa shape index (κ3) is 3.71. The number of ketones is 1. The molecule has 7 atom stereocenters. The zero-order chi connectivity index (χ0) is 23.6. The Morgan fingerprint density at radius 2 is 1.67 bits per heavy atom. The lowest BCUT2D eigenvalue weighted by molar-refractivity contribution is -0.159. The largest absolute Gasteiger partial charge is 0.456 e. The summed E-state index contributed by atoms with van der Waals surface area (Å²) in [6, 6.07) is 3.40. The van der Waals surface area contributed by atoms with Crippen LogP contribution in [0.15, 0.2) is 30.4 Å². The van der Waals surface area contributed by atoms with Crippen molar-refractivity contribution >= 4 is 46.8 Å². The van der Waals surface area contributed by atoms with Gasteiger partial charge in [-0.05, 0) is 60.6 Å². The maximum absolute atomic E-state index is 13.4. The molecule has 0 unspecified atom stereocenters. The van der Waals surface area contributed by atoms with Crippen LogP contribution in [0.2, 0.25) is 10.0 Å². The van der Waals surface area contributed by atoms with Crippen molar-refractivity contribution in [1.82, 2.24) is 4.90 Å². The molecule has 1 aromatic carbocycles. The first kappa shape index (κ1) is 22.6. The molecule has 0 radical (unpaired) electrons. The van der Waals surface area contributed by atoms with Crippen LogP contribution >= 0.6 is 23.2 Å². The van der Waals surface area contributed by atoms with Crippen LogP contribution in [0.1, 0.15) is 37.0 Å². The molecule has 2 bridgehead atoms. The molecule has 2 amide bonds. The standard InChI is InChI=1S/C25H25Cl2NO5/c1-11(2)7-19(25(32)33-10-20(29)15-4-3-12(26)8-18(15)27)28-23(30)21-13-5-6-14(17-9-16(13)17)22(21)24(28)31/h3-6,8,11,13-14,16-17,19,21-22H,7,9-10H2,1-2H3/t13-,14-,16-,17+,19+,21+,22+/m1/s1. The molecule has 0 spiro atoms. The predicted molar refractivity (Wildman–Crippen MR) is 122 cm³/mol. The number of Topliss-reactive ketones (excluding diaryl/α,β-unsaturated/α-hetero) is 1. The Morgan fingerprint density at radius 3 is 2.21 bits per heavy atom. The van der Waals surface area contributed by atoms with Gasteiger partial charge in [0.2, 0.25) is 17.6 Å². The van der Waals surface area contributed by atoms with Gasteiger partial charge in [-0.2, -0.15) is 0 Å². The van der Waals surface area contributed by atoms with Crippen molar-refractivity contribution in [2.45, 2.75) is 32.7 Å². The van der Waals surface area contributed by atoms with Gasteiger partial charge in [-0.25, -0.2) is 4.79 Å². The molecule has 0 N–H and O–H groups in total. The normalized spacial score (nSPS) is 32.1. The molecule has 4 aliphatic carbocycles. The Hall–Kier alpha value is -2.18. The Morgan fingerprint density at radius 1 is 1.06 bits per heavy atom. The number of likely N-dealkylation sites (tertiary alicyclic amines) is 1. The summed E-state index contributed by atoms with van der Waals surface area (Å²) in [6.45, 7) is 3.30. The van der Waals surface area contributed by atoms with Gasteiger partial charge in [-0.15, -0.1) is 0 Å². The van der Waals surface area contributed by atoms with E-state index in [2.05, 4.69) is 12.2 Å². The fourth-order valence-corrected chi connectivity index (χ4v) is 6.58. The monoisotopic (exact) mass is 489 g/mol. The van der Waals surface area contributed by atoms with Crippen molar-refractivity contribution in [3.05, 3.63) is 46.0 Å². The molecule has 1 saturated heterocycles. The summed E-state index contributed by atoms with van der Waals surface area (Å²) >= 11 is 12.0. The number of hydrogen-bond acceptors (Lipinski definition) is 5. The highest BCUT2D eigenvalue weighted by atomic mass is 35.5. The van der Waals surface area contributed by atoms with Gasteiger partial charge in [0.05, 0.1) is 16.9 Å². The number of nitrogens with zero attached hydrogens (tertiary/aromatic N) is 1. The van der Waals surface area contributed by atoms with E-state index in [1.807, 2.05) is 13.8 Å².